The minimum absolute atomic E-state index is 0.339. The predicted molar refractivity (Wildman–Crippen MR) is 139 cm³/mol. The predicted octanol–water partition coefficient (Wildman–Crippen LogP) is 6.94. The molecular weight excluding hydrogens is 470 g/mol. The zero-order valence-corrected chi connectivity index (χ0v) is 21.4. The van der Waals surface area contributed by atoms with Gasteiger partial charge in [0.2, 0.25) is 0 Å². The lowest BCUT2D eigenvalue weighted by atomic mass is 9.89. The van der Waals surface area contributed by atoms with Gasteiger partial charge in [0.25, 0.3) is 10.0 Å². The van der Waals surface area contributed by atoms with E-state index in [0.717, 1.165) is 39.9 Å². The van der Waals surface area contributed by atoms with Crippen molar-refractivity contribution in [1.82, 2.24) is 9.97 Å². The van der Waals surface area contributed by atoms with Gasteiger partial charge in [-0.15, -0.1) is 22.7 Å². The quantitative estimate of drug-likeness (QED) is 0.286. The lowest BCUT2D eigenvalue weighted by Gasteiger charge is -2.19. The standard InChI is InChI=1S/C25H29N3O2S3/c1-3-7-17-8-4-9-18(17)14-20-16-26-25(32-20)21-15-19-10-5-11-22(24(19)27-21)28(2)33(29,30)23-12-6-13-31-23/h5-6,10-13,15-18,27H,3-4,7-9,14H2,1-2H3/t17-,18?/m1/s1. The van der Waals surface area contributed by atoms with Crippen LogP contribution < -0.4 is 4.31 Å². The fourth-order valence-electron chi connectivity index (χ4n) is 5.11. The molecule has 3 heterocycles. The van der Waals surface area contributed by atoms with E-state index in [1.165, 1.54) is 52.6 Å². The number of aromatic amines is 1. The minimum Gasteiger partial charge on any atom is -0.351 e. The Bertz CT molecular complexity index is 1340. The molecule has 5 rings (SSSR count). The molecule has 174 valence electrons. The summed E-state index contributed by atoms with van der Waals surface area (Å²) in [7, 11) is -1.98. The molecule has 8 heteroatoms. The molecule has 1 saturated carbocycles. The Morgan fingerprint density at radius 3 is 2.82 bits per heavy atom. The first-order chi connectivity index (χ1) is 16.0. The molecule has 5 nitrogen and oxygen atoms in total. The number of H-pyrrole nitrogens is 1. The molecule has 0 amide bonds. The van der Waals surface area contributed by atoms with E-state index < -0.39 is 10.0 Å². The van der Waals surface area contributed by atoms with Crippen LogP contribution in [0.4, 0.5) is 5.69 Å². The number of nitrogens with zero attached hydrogens (tertiary/aromatic N) is 2. The van der Waals surface area contributed by atoms with Gasteiger partial charge in [-0.25, -0.2) is 13.4 Å². The summed E-state index contributed by atoms with van der Waals surface area (Å²) in [5.74, 6) is 1.64. The van der Waals surface area contributed by atoms with Gasteiger partial charge in [-0.1, -0.05) is 50.8 Å². The molecule has 0 spiro atoms. The lowest BCUT2D eigenvalue weighted by Crippen LogP contribution is -2.26. The van der Waals surface area contributed by atoms with Crippen LogP contribution in [-0.2, 0) is 16.4 Å². The lowest BCUT2D eigenvalue weighted by molar-refractivity contribution is 0.361. The summed E-state index contributed by atoms with van der Waals surface area (Å²) in [6.07, 6.45) is 9.81. The number of hydrogen-bond acceptors (Lipinski definition) is 5. The Hall–Kier alpha value is -2.16. The first-order valence-electron chi connectivity index (χ1n) is 11.6. The topological polar surface area (TPSA) is 66.1 Å². The third kappa shape index (κ3) is 4.36. The van der Waals surface area contributed by atoms with Crippen molar-refractivity contribution in [3.63, 3.8) is 0 Å². The summed E-state index contributed by atoms with van der Waals surface area (Å²) < 4.78 is 27.8. The molecule has 1 unspecified atom stereocenters. The average Bonchev–Trinajstić information content (AvgIpc) is 3.60. The second-order valence-electron chi connectivity index (χ2n) is 8.90. The van der Waals surface area contributed by atoms with Crippen molar-refractivity contribution in [1.29, 1.82) is 0 Å². The van der Waals surface area contributed by atoms with E-state index in [1.807, 2.05) is 24.4 Å². The van der Waals surface area contributed by atoms with Crippen molar-refractivity contribution in [3.05, 3.63) is 52.9 Å². The van der Waals surface area contributed by atoms with Crippen LogP contribution in [0.25, 0.3) is 21.6 Å². The number of thiazole rings is 1. The molecule has 1 fully saturated rings. The average molecular weight is 500 g/mol. The van der Waals surface area contributed by atoms with E-state index in [2.05, 4.69) is 18.0 Å². The number of anilines is 1. The largest absolute Gasteiger partial charge is 0.351 e. The van der Waals surface area contributed by atoms with Crippen LogP contribution in [0.5, 0.6) is 0 Å². The number of para-hydroxylation sites is 1. The summed E-state index contributed by atoms with van der Waals surface area (Å²) in [6, 6.07) is 11.2. The Balaban J connectivity index is 1.42. The molecule has 1 aliphatic carbocycles. The highest BCUT2D eigenvalue weighted by Crippen LogP contribution is 2.39. The maximum absolute atomic E-state index is 13.1. The van der Waals surface area contributed by atoms with Crippen LogP contribution in [0, 0.1) is 11.8 Å². The highest BCUT2D eigenvalue weighted by Gasteiger charge is 2.27. The Morgan fingerprint density at radius 2 is 2.03 bits per heavy atom. The number of rotatable bonds is 8. The van der Waals surface area contributed by atoms with E-state index in [4.69, 9.17) is 4.98 Å². The summed E-state index contributed by atoms with van der Waals surface area (Å²) in [5, 5.41) is 3.72. The number of hydrogen-bond donors (Lipinski definition) is 1. The molecule has 33 heavy (non-hydrogen) atoms. The molecule has 4 aromatic rings. The second kappa shape index (κ2) is 9.24. The number of aromatic nitrogens is 2. The van der Waals surface area contributed by atoms with Crippen LogP contribution in [0.3, 0.4) is 0 Å². The molecule has 0 saturated heterocycles. The van der Waals surface area contributed by atoms with Crippen molar-refractivity contribution >= 4 is 49.3 Å². The third-order valence-electron chi connectivity index (χ3n) is 6.81. The molecule has 3 aromatic heterocycles. The molecule has 0 radical (unpaired) electrons. The number of fused-ring (bicyclic) bond motifs is 1. The van der Waals surface area contributed by atoms with Crippen LogP contribution in [-0.4, -0.2) is 25.4 Å². The summed E-state index contributed by atoms with van der Waals surface area (Å²) in [5.41, 5.74) is 2.38. The van der Waals surface area contributed by atoms with Gasteiger partial charge in [-0.2, -0.15) is 0 Å². The highest BCUT2D eigenvalue weighted by molar-refractivity contribution is 7.94. The van der Waals surface area contributed by atoms with Crippen LogP contribution in [0.15, 0.2) is 52.2 Å². The van der Waals surface area contributed by atoms with Crippen LogP contribution in [0.1, 0.15) is 43.9 Å². The van der Waals surface area contributed by atoms with Crippen molar-refractivity contribution in [2.45, 2.75) is 49.7 Å². The van der Waals surface area contributed by atoms with Gasteiger partial charge in [-0.05, 0) is 48.3 Å². The maximum Gasteiger partial charge on any atom is 0.273 e. The van der Waals surface area contributed by atoms with Gasteiger partial charge in [0.15, 0.2) is 0 Å². The van der Waals surface area contributed by atoms with E-state index in [1.54, 1.807) is 35.9 Å². The third-order valence-corrected chi connectivity index (χ3v) is 11.0. The number of benzene rings is 1. The number of nitrogens with one attached hydrogen (secondary N) is 1. The smallest absolute Gasteiger partial charge is 0.273 e. The van der Waals surface area contributed by atoms with Gasteiger partial charge < -0.3 is 4.98 Å². The van der Waals surface area contributed by atoms with Crippen LogP contribution in [0.2, 0.25) is 0 Å². The van der Waals surface area contributed by atoms with Crippen molar-refractivity contribution in [2.24, 2.45) is 11.8 Å². The van der Waals surface area contributed by atoms with Gasteiger partial charge in [-0.3, -0.25) is 4.31 Å². The fourth-order valence-corrected chi connectivity index (χ4v) is 8.46. The van der Waals surface area contributed by atoms with Crippen LogP contribution >= 0.6 is 22.7 Å². The van der Waals surface area contributed by atoms with E-state index in [0.29, 0.717) is 9.90 Å². The number of thiophene rings is 1. The Kier molecular flexibility index (Phi) is 6.33. The van der Waals surface area contributed by atoms with Crippen molar-refractivity contribution in [2.75, 3.05) is 11.4 Å². The first-order valence-corrected chi connectivity index (χ1v) is 14.7. The summed E-state index contributed by atoms with van der Waals surface area (Å²) >= 11 is 2.98. The maximum atomic E-state index is 13.1. The van der Waals surface area contributed by atoms with E-state index in [-0.39, 0.29) is 0 Å². The van der Waals surface area contributed by atoms with E-state index >= 15 is 0 Å². The van der Waals surface area contributed by atoms with Crippen molar-refractivity contribution < 1.29 is 8.42 Å². The molecule has 1 N–H and O–H groups in total. The molecule has 1 aliphatic rings. The molecular formula is C25H29N3O2S3. The van der Waals surface area contributed by atoms with E-state index in [9.17, 15) is 8.42 Å². The second-order valence-corrected chi connectivity index (χ2v) is 13.2. The SMILES string of the molecule is CCC[C@@H]1CCCC1Cc1cnc(-c2cc3cccc(N(C)S(=O)(=O)c4cccs4)c3[nH]2)s1. The molecule has 0 aliphatic heterocycles. The monoisotopic (exact) mass is 499 g/mol. The normalized spacial score (nSPS) is 18.8. The first kappa shape index (κ1) is 22.6. The molecule has 2 atom stereocenters. The van der Waals surface area contributed by atoms with Crippen molar-refractivity contribution in [3.8, 4) is 10.7 Å². The summed E-state index contributed by atoms with van der Waals surface area (Å²) in [6.45, 7) is 2.29. The Labute approximate surface area is 203 Å². The minimum atomic E-state index is -3.60. The van der Waals surface area contributed by atoms with Gasteiger partial charge in [0, 0.05) is 23.5 Å². The highest BCUT2D eigenvalue weighted by atomic mass is 32.2. The zero-order valence-electron chi connectivity index (χ0n) is 19.0. The van der Waals surface area contributed by atoms with Gasteiger partial charge in [0.05, 0.1) is 16.9 Å². The Morgan fingerprint density at radius 1 is 1.18 bits per heavy atom. The zero-order chi connectivity index (χ0) is 23.0. The van der Waals surface area contributed by atoms with Gasteiger partial charge >= 0.3 is 0 Å². The molecule has 1 aromatic carbocycles. The number of sulfonamides is 1. The van der Waals surface area contributed by atoms with Gasteiger partial charge in [0.1, 0.15) is 9.22 Å². The fraction of sp³-hybridized carbons (Fsp3) is 0.400. The molecule has 0 bridgehead atoms. The summed E-state index contributed by atoms with van der Waals surface area (Å²) in [4.78, 5) is 9.52.